The Morgan fingerprint density at radius 1 is 0.625 bits per heavy atom. The van der Waals surface area contributed by atoms with Gasteiger partial charge >= 0.3 is 7.60 Å². The third kappa shape index (κ3) is 15.4. The predicted octanol–water partition coefficient (Wildman–Crippen LogP) is 1.64. The molecule has 0 atom stereocenters. The molecule has 0 amide bonds. The molecule has 0 unspecified atom stereocenters. The first-order chi connectivity index (χ1) is 15.6. The minimum atomic E-state index is -4.01. The van der Waals surface area contributed by atoms with Gasteiger partial charge in [-0.2, -0.15) is 0 Å². The smallest absolute Gasteiger partial charge is 0.359 e. The van der Waals surface area contributed by atoms with Gasteiger partial charge in [0.05, 0.1) is 0 Å². The van der Waals surface area contributed by atoms with Gasteiger partial charge in [0.1, 0.15) is 12.2 Å². The fraction of sp³-hybridized carbons (Fsp3) is 0.111. The molecular weight excluding hydrogens is 417 g/mol. The first-order valence-electron chi connectivity index (χ1n) is 8.11. The number of hydrogen-bond acceptors (Lipinski definition) is 4. The van der Waals surface area contributed by atoms with E-state index in [2.05, 4.69) is 131 Å². The lowest BCUT2D eigenvalue weighted by Crippen LogP contribution is -2.14. The summed E-state index contributed by atoms with van der Waals surface area (Å²) >= 11 is 0. The van der Waals surface area contributed by atoms with Crippen molar-refractivity contribution in [1.82, 2.24) is 4.90 Å². The lowest BCUT2D eigenvalue weighted by Gasteiger charge is -2.15. The Labute approximate surface area is 190 Å². The van der Waals surface area contributed by atoms with Crippen LogP contribution >= 0.6 is 7.60 Å². The van der Waals surface area contributed by atoms with Gasteiger partial charge in [0.2, 0.25) is 0 Å². The van der Waals surface area contributed by atoms with Crippen LogP contribution in [0.15, 0.2) is 0 Å². The van der Waals surface area contributed by atoms with E-state index in [-0.39, 0.29) is 0 Å². The zero-order valence-electron chi connectivity index (χ0n) is 17.0. The highest BCUT2D eigenvalue weighted by Gasteiger charge is 2.29. The van der Waals surface area contributed by atoms with Crippen molar-refractivity contribution in [3.05, 3.63) is 0 Å². The Morgan fingerprint density at radius 3 is 1.44 bits per heavy atom. The monoisotopic (exact) mass is 427 g/mol. The zero-order chi connectivity index (χ0) is 23.8. The standard InChI is InChI=1S/C27H10NO3P/c1-5-9-13-17-21-25-30-32(29,31-26-22-18-14-10-6-2)27-28(23-19-15-11-7-3)24-20-16-12-8-4/h3-4H,27H2,1-2H3. The Bertz CT molecular complexity index is 1370. The second-order valence-corrected chi connectivity index (χ2v) is 6.20. The highest BCUT2D eigenvalue weighted by atomic mass is 31.2. The van der Waals surface area contributed by atoms with Gasteiger partial charge in [0.15, 0.2) is 6.29 Å². The second kappa shape index (κ2) is 18.7. The quantitative estimate of drug-likeness (QED) is 0.389. The molecule has 32 heavy (non-hydrogen) atoms. The fourth-order valence-corrected chi connectivity index (χ4v) is 2.17. The summed E-state index contributed by atoms with van der Waals surface area (Å²) in [6.45, 7) is 3.24. The predicted molar refractivity (Wildman–Crippen MR) is 123 cm³/mol. The van der Waals surface area contributed by atoms with Crippen molar-refractivity contribution in [2.24, 2.45) is 0 Å². The largest absolute Gasteiger partial charge is 0.468 e. The maximum absolute atomic E-state index is 13.1. The lowest BCUT2D eigenvalue weighted by atomic mass is 10.5. The van der Waals surface area contributed by atoms with Gasteiger partial charge < -0.3 is 9.05 Å². The molecule has 0 saturated heterocycles. The number of terminal acetylenes is 2. The van der Waals surface area contributed by atoms with Gasteiger partial charge in [-0.1, -0.05) is 11.8 Å². The van der Waals surface area contributed by atoms with Crippen LogP contribution in [0.25, 0.3) is 0 Å². The Balaban J connectivity index is 5.96. The molecule has 0 saturated carbocycles. The van der Waals surface area contributed by atoms with E-state index in [9.17, 15) is 4.57 Å². The molecule has 0 aromatic carbocycles. The molecule has 5 heteroatoms. The Morgan fingerprint density at radius 2 is 1.03 bits per heavy atom. The first kappa shape index (κ1) is 26.4. The third-order valence-electron chi connectivity index (χ3n) is 2.19. The van der Waals surface area contributed by atoms with Crippen LogP contribution in [0.5, 0.6) is 0 Å². The average molecular weight is 427 g/mol. The van der Waals surface area contributed by atoms with E-state index in [0.29, 0.717) is 0 Å². The summed E-state index contributed by atoms with van der Waals surface area (Å²) in [6, 6.07) is 5.05. The number of rotatable bonds is 4. The molecule has 0 aliphatic carbocycles. The van der Waals surface area contributed by atoms with Crippen LogP contribution in [0.4, 0.5) is 0 Å². The van der Waals surface area contributed by atoms with Crippen LogP contribution in [0.2, 0.25) is 0 Å². The molecule has 146 valence electrons. The van der Waals surface area contributed by atoms with Crippen molar-refractivity contribution in [2.45, 2.75) is 13.8 Å². The summed E-state index contributed by atoms with van der Waals surface area (Å²) in [5.74, 6) is 42.9. The minimum Gasteiger partial charge on any atom is -0.359 e. The van der Waals surface area contributed by atoms with E-state index in [1.807, 2.05) is 0 Å². The normalized spacial score (nSPS) is 6.00. The molecular formula is C27H10NO3P. The Kier molecular flexibility index (Phi) is 15.4. The summed E-state index contributed by atoms with van der Waals surface area (Å²) in [5.41, 5.74) is 0. The third-order valence-corrected chi connectivity index (χ3v) is 3.56. The number of hydrogen-bond donors (Lipinski definition) is 0. The van der Waals surface area contributed by atoms with E-state index in [0.717, 1.165) is 4.90 Å². The molecule has 4 nitrogen and oxygen atoms in total. The van der Waals surface area contributed by atoms with E-state index in [4.69, 9.17) is 21.9 Å². The molecule has 0 spiro atoms. The summed E-state index contributed by atoms with van der Waals surface area (Å²) in [5, 5.41) is 0. The zero-order valence-corrected chi connectivity index (χ0v) is 17.9. The number of nitrogens with zero attached hydrogens (tertiary/aromatic N) is 1. The van der Waals surface area contributed by atoms with Crippen LogP contribution in [0.1, 0.15) is 13.8 Å². The van der Waals surface area contributed by atoms with Crippen LogP contribution in [0, 0.1) is 144 Å². The van der Waals surface area contributed by atoms with Crippen LogP contribution in [0.3, 0.4) is 0 Å². The van der Waals surface area contributed by atoms with Crippen LogP contribution < -0.4 is 0 Å². The van der Waals surface area contributed by atoms with Crippen LogP contribution in [-0.4, -0.2) is 11.2 Å². The topological polar surface area (TPSA) is 38.8 Å². The minimum absolute atomic E-state index is 0.476. The van der Waals surface area contributed by atoms with Gasteiger partial charge in [0, 0.05) is 59.5 Å². The van der Waals surface area contributed by atoms with Crippen molar-refractivity contribution < 1.29 is 13.6 Å². The summed E-state index contributed by atoms with van der Waals surface area (Å²) < 4.78 is 23.2. The molecule has 0 bridgehead atoms. The van der Waals surface area contributed by atoms with Gasteiger partial charge in [-0.3, -0.25) is 0 Å². The SMILES string of the molecule is C#CC#CC#CN(C#CC#CC#C)CP(=O)(OC#CC#CC#CC)OC#CC#CC#CC. The molecule has 0 fully saturated rings. The maximum Gasteiger partial charge on any atom is 0.468 e. The van der Waals surface area contributed by atoms with E-state index in [1.54, 1.807) is 13.8 Å². The van der Waals surface area contributed by atoms with E-state index < -0.39 is 13.9 Å². The molecule has 0 rings (SSSR count). The molecule has 0 aliphatic rings. The fourth-order valence-electron chi connectivity index (χ4n) is 1.16. The van der Waals surface area contributed by atoms with Crippen molar-refractivity contribution in [2.75, 3.05) is 6.29 Å². The van der Waals surface area contributed by atoms with Crippen molar-refractivity contribution in [3.63, 3.8) is 0 Å². The van der Waals surface area contributed by atoms with Crippen LogP contribution in [-0.2, 0) is 13.6 Å². The van der Waals surface area contributed by atoms with Gasteiger partial charge in [-0.25, -0.2) is 9.46 Å². The molecule has 0 aliphatic heterocycles. The second-order valence-electron chi connectivity index (χ2n) is 4.33. The average Bonchev–Trinajstić information content (AvgIpc) is 2.79. The highest BCUT2D eigenvalue weighted by Crippen LogP contribution is 2.47. The van der Waals surface area contributed by atoms with E-state index >= 15 is 0 Å². The summed E-state index contributed by atoms with van der Waals surface area (Å²) in [6.07, 6.45) is 13.9. The highest BCUT2D eigenvalue weighted by molar-refractivity contribution is 7.54. The van der Waals surface area contributed by atoms with Crippen molar-refractivity contribution in [3.8, 4) is 144 Å². The maximum atomic E-state index is 13.1. The lowest BCUT2D eigenvalue weighted by molar-refractivity contribution is 0.341. The molecule has 0 N–H and O–H groups in total. The molecule has 0 radical (unpaired) electrons. The summed E-state index contributed by atoms with van der Waals surface area (Å²) in [7, 11) is -4.01. The molecule has 0 heterocycles. The van der Waals surface area contributed by atoms with Crippen molar-refractivity contribution in [1.29, 1.82) is 0 Å². The van der Waals surface area contributed by atoms with Crippen molar-refractivity contribution >= 4 is 7.60 Å². The van der Waals surface area contributed by atoms with Gasteiger partial charge in [-0.15, -0.1) is 12.8 Å². The van der Waals surface area contributed by atoms with Gasteiger partial charge in [-0.05, 0) is 61.2 Å². The Hall–Kier alpha value is -5.65. The molecule has 0 aromatic heterocycles. The first-order valence-corrected chi connectivity index (χ1v) is 9.84. The van der Waals surface area contributed by atoms with Gasteiger partial charge in [0.25, 0.3) is 0 Å². The van der Waals surface area contributed by atoms with E-state index in [1.165, 1.54) is 0 Å². The molecule has 0 aromatic rings. The summed E-state index contributed by atoms with van der Waals surface area (Å²) in [4.78, 5) is 1.06.